The van der Waals surface area contributed by atoms with E-state index in [4.69, 9.17) is 0 Å². The van der Waals surface area contributed by atoms with E-state index >= 15 is 0 Å². The predicted molar refractivity (Wildman–Crippen MR) is 49.3 cm³/mol. The minimum atomic E-state index is 0.227. The third-order valence-corrected chi connectivity index (χ3v) is 2.54. The third kappa shape index (κ3) is 1.06. The van der Waals surface area contributed by atoms with Gasteiger partial charge in [0.05, 0.1) is 5.69 Å². The maximum absolute atomic E-state index is 4.34. The summed E-state index contributed by atoms with van der Waals surface area (Å²) in [5.74, 6) is 0. The van der Waals surface area contributed by atoms with Crippen molar-refractivity contribution in [2.24, 2.45) is 0 Å². The number of aromatic nitrogens is 2. The van der Waals surface area contributed by atoms with Crippen LogP contribution in [0.1, 0.15) is 44.1 Å². The second-order valence-electron chi connectivity index (χ2n) is 4.63. The van der Waals surface area contributed by atoms with Gasteiger partial charge < -0.3 is 0 Å². The van der Waals surface area contributed by atoms with E-state index in [0.29, 0.717) is 0 Å². The molecule has 2 nitrogen and oxygen atoms in total. The Morgan fingerprint density at radius 1 is 1.25 bits per heavy atom. The van der Waals surface area contributed by atoms with Crippen LogP contribution < -0.4 is 0 Å². The monoisotopic (exact) mass is 164 g/mol. The molecule has 2 rings (SSSR count). The lowest BCUT2D eigenvalue weighted by Crippen LogP contribution is -2.13. The molecule has 1 aliphatic carbocycles. The fourth-order valence-electron chi connectivity index (χ4n) is 1.93. The number of fused-ring (bicyclic) bond motifs is 1. The molecule has 0 spiro atoms. The summed E-state index contributed by atoms with van der Waals surface area (Å²) in [5, 5.41) is 7.50. The highest BCUT2D eigenvalue weighted by atomic mass is 15.1. The average molecular weight is 164 g/mol. The van der Waals surface area contributed by atoms with Gasteiger partial charge in [-0.25, -0.2) is 0 Å². The van der Waals surface area contributed by atoms with Crippen molar-refractivity contribution in [3.63, 3.8) is 0 Å². The Labute approximate surface area is 73.4 Å². The Kier molecular flexibility index (Phi) is 1.53. The van der Waals surface area contributed by atoms with Crippen molar-refractivity contribution in [1.29, 1.82) is 0 Å². The molecule has 0 aliphatic heterocycles. The summed E-state index contributed by atoms with van der Waals surface area (Å²) in [4.78, 5) is 0. The predicted octanol–water partition coefficient (Wildman–Crippen LogP) is 2.20. The molecule has 12 heavy (non-hydrogen) atoms. The van der Waals surface area contributed by atoms with E-state index < -0.39 is 0 Å². The minimum Gasteiger partial charge on any atom is -0.281 e. The molecule has 0 atom stereocenters. The zero-order chi connectivity index (χ0) is 8.77. The summed E-state index contributed by atoms with van der Waals surface area (Å²) in [6.07, 6.45) is 3.68. The van der Waals surface area contributed by atoms with E-state index in [2.05, 4.69) is 31.0 Å². The van der Waals surface area contributed by atoms with Crippen LogP contribution in [0.2, 0.25) is 0 Å². The maximum Gasteiger partial charge on any atom is 0.0657 e. The number of H-pyrrole nitrogens is 1. The van der Waals surface area contributed by atoms with E-state index in [1.165, 1.54) is 36.2 Å². The molecule has 0 aromatic carbocycles. The lowest BCUT2D eigenvalue weighted by molar-refractivity contribution is 0.559. The average Bonchev–Trinajstić information content (AvgIpc) is 2.37. The van der Waals surface area contributed by atoms with E-state index in [9.17, 15) is 0 Å². The third-order valence-electron chi connectivity index (χ3n) is 2.54. The quantitative estimate of drug-likeness (QED) is 0.625. The molecule has 2 heteroatoms. The normalized spacial score (nSPS) is 16.6. The second kappa shape index (κ2) is 2.35. The standard InChI is InChI=1S/C10H16N2/c1-10(2,3)9-7-5-4-6-8(7)11-12-9/h4-6H2,1-3H3,(H,11,12). The van der Waals surface area contributed by atoms with E-state index in [-0.39, 0.29) is 5.41 Å². The van der Waals surface area contributed by atoms with E-state index in [1.807, 2.05) is 0 Å². The zero-order valence-electron chi connectivity index (χ0n) is 8.07. The molecule has 0 saturated heterocycles. The number of nitrogens with zero attached hydrogens (tertiary/aromatic N) is 1. The van der Waals surface area contributed by atoms with Gasteiger partial charge in [-0.2, -0.15) is 5.10 Å². The fraction of sp³-hybridized carbons (Fsp3) is 0.700. The highest BCUT2D eigenvalue weighted by Gasteiger charge is 2.25. The Morgan fingerprint density at radius 2 is 2.00 bits per heavy atom. The van der Waals surface area contributed by atoms with Gasteiger partial charge in [-0.3, -0.25) is 5.10 Å². The molecule has 0 radical (unpaired) electrons. The summed E-state index contributed by atoms with van der Waals surface area (Å²) in [6.45, 7) is 6.71. The molecular weight excluding hydrogens is 148 g/mol. The molecule has 66 valence electrons. The van der Waals surface area contributed by atoms with Crippen LogP contribution in [-0.2, 0) is 18.3 Å². The van der Waals surface area contributed by atoms with Crippen molar-refractivity contribution in [1.82, 2.24) is 10.2 Å². The summed E-state index contributed by atoms with van der Waals surface area (Å²) >= 11 is 0. The first kappa shape index (κ1) is 7.84. The van der Waals surface area contributed by atoms with Crippen LogP contribution in [0.4, 0.5) is 0 Å². The van der Waals surface area contributed by atoms with Crippen LogP contribution in [0.25, 0.3) is 0 Å². The molecule has 0 saturated carbocycles. The molecule has 0 fully saturated rings. The van der Waals surface area contributed by atoms with Crippen LogP contribution in [0.3, 0.4) is 0 Å². The number of rotatable bonds is 0. The van der Waals surface area contributed by atoms with Crippen LogP contribution in [0.15, 0.2) is 0 Å². The molecule has 1 aromatic heterocycles. The van der Waals surface area contributed by atoms with Gasteiger partial charge in [0.25, 0.3) is 0 Å². The number of aryl methyl sites for hydroxylation is 1. The second-order valence-corrected chi connectivity index (χ2v) is 4.63. The molecule has 1 aromatic rings. The van der Waals surface area contributed by atoms with E-state index in [1.54, 1.807) is 0 Å². The van der Waals surface area contributed by atoms with Crippen LogP contribution in [-0.4, -0.2) is 10.2 Å². The zero-order valence-corrected chi connectivity index (χ0v) is 8.07. The first-order chi connectivity index (χ1) is 5.59. The SMILES string of the molecule is CC(C)(C)c1[nH]nc2c1CCC2. The summed E-state index contributed by atoms with van der Waals surface area (Å²) in [5.41, 5.74) is 4.36. The van der Waals surface area contributed by atoms with Gasteiger partial charge in [0.1, 0.15) is 0 Å². The van der Waals surface area contributed by atoms with Gasteiger partial charge >= 0.3 is 0 Å². The van der Waals surface area contributed by atoms with Crippen molar-refractivity contribution in [3.05, 3.63) is 17.0 Å². The molecule has 0 bridgehead atoms. The molecule has 1 N–H and O–H groups in total. The van der Waals surface area contributed by atoms with Gasteiger partial charge in [0, 0.05) is 11.1 Å². The molecule has 0 amide bonds. The fourth-order valence-corrected chi connectivity index (χ4v) is 1.93. The van der Waals surface area contributed by atoms with Crippen LogP contribution in [0, 0.1) is 0 Å². The Balaban J connectivity index is 2.46. The lowest BCUT2D eigenvalue weighted by atomic mass is 9.89. The maximum atomic E-state index is 4.34. The number of nitrogens with one attached hydrogen (secondary N) is 1. The molecule has 0 unspecified atom stereocenters. The lowest BCUT2D eigenvalue weighted by Gasteiger charge is -2.17. The van der Waals surface area contributed by atoms with Gasteiger partial charge in [-0.15, -0.1) is 0 Å². The van der Waals surface area contributed by atoms with Crippen molar-refractivity contribution in [3.8, 4) is 0 Å². The largest absolute Gasteiger partial charge is 0.281 e. The highest BCUT2D eigenvalue weighted by Crippen LogP contribution is 2.30. The first-order valence-electron chi connectivity index (χ1n) is 4.65. The smallest absolute Gasteiger partial charge is 0.0657 e. The Bertz CT molecular complexity index is 291. The summed E-state index contributed by atoms with van der Waals surface area (Å²) < 4.78 is 0. The minimum absolute atomic E-state index is 0.227. The van der Waals surface area contributed by atoms with Gasteiger partial charge in [-0.05, 0) is 24.8 Å². The number of hydrogen-bond donors (Lipinski definition) is 1. The van der Waals surface area contributed by atoms with Gasteiger partial charge in [0.2, 0.25) is 0 Å². The number of aromatic amines is 1. The molecule has 1 aliphatic rings. The topological polar surface area (TPSA) is 28.7 Å². The summed E-state index contributed by atoms with van der Waals surface area (Å²) in [7, 11) is 0. The molecule has 1 heterocycles. The number of hydrogen-bond acceptors (Lipinski definition) is 1. The van der Waals surface area contributed by atoms with Crippen LogP contribution >= 0.6 is 0 Å². The van der Waals surface area contributed by atoms with Crippen molar-refractivity contribution in [2.45, 2.75) is 45.4 Å². The van der Waals surface area contributed by atoms with Crippen molar-refractivity contribution < 1.29 is 0 Å². The first-order valence-corrected chi connectivity index (χ1v) is 4.65. The summed E-state index contributed by atoms with van der Waals surface area (Å²) in [6, 6.07) is 0. The van der Waals surface area contributed by atoms with Crippen molar-refractivity contribution in [2.75, 3.05) is 0 Å². The van der Waals surface area contributed by atoms with E-state index in [0.717, 1.165) is 0 Å². The Morgan fingerprint density at radius 3 is 2.67 bits per heavy atom. The molecular formula is C10H16N2. The van der Waals surface area contributed by atoms with Crippen molar-refractivity contribution >= 4 is 0 Å². The van der Waals surface area contributed by atoms with Crippen LogP contribution in [0.5, 0.6) is 0 Å². The Hall–Kier alpha value is -0.790. The van der Waals surface area contributed by atoms with Gasteiger partial charge in [-0.1, -0.05) is 20.8 Å². The van der Waals surface area contributed by atoms with Gasteiger partial charge in [0.15, 0.2) is 0 Å². The highest BCUT2D eigenvalue weighted by molar-refractivity contribution is 5.33.